The summed E-state index contributed by atoms with van der Waals surface area (Å²) < 4.78 is 30.7. The van der Waals surface area contributed by atoms with Crippen LogP contribution in [0.25, 0.3) is 0 Å². The molecule has 2 atom stereocenters. The van der Waals surface area contributed by atoms with Crippen LogP contribution >= 0.6 is 0 Å². The molecule has 1 heterocycles. The topological polar surface area (TPSA) is 66.8 Å². The fraction of sp³-hybridized carbons (Fsp3) is 1.00. The van der Waals surface area contributed by atoms with Crippen molar-refractivity contribution < 1.29 is 17.2 Å². The molecule has 0 aromatic carbocycles. The van der Waals surface area contributed by atoms with Gasteiger partial charge in [-0.25, -0.2) is 4.18 Å². The first-order chi connectivity index (χ1) is 10.8. The Morgan fingerprint density at radius 2 is 1.70 bits per heavy atom. The summed E-state index contributed by atoms with van der Waals surface area (Å²) in [7, 11) is -4.17. The van der Waals surface area contributed by atoms with E-state index in [9.17, 15) is 8.42 Å². The summed E-state index contributed by atoms with van der Waals surface area (Å²) in [4.78, 5) is 2.72. The molecule has 0 saturated carbocycles. The fourth-order valence-electron chi connectivity index (χ4n) is 2.98. The van der Waals surface area contributed by atoms with Crippen molar-refractivity contribution in [2.45, 2.75) is 85.1 Å². The summed E-state index contributed by atoms with van der Waals surface area (Å²) >= 11 is 0. The van der Waals surface area contributed by atoms with E-state index in [2.05, 4.69) is 29.9 Å². The van der Waals surface area contributed by atoms with Gasteiger partial charge in [0.15, 0.2) is 0 Å². The first kappa shape index (κ1) is 22.8. The van der Waals surface area contributed by atoms with E-state index >= 15 is 0 Å². The van der Waals surface area contributed by atoms with Crippen LogP contribution in [-0.2, 0) is 14.6 Å². The van der Waals surface area contributed by atoms with Gasteiger partial charge in [0.05, 0.1) is 6.61 Å². The molecule has 1 rings (SSSR count). The van der Waals surface area contributed by atoms with Crippen LogP contribution in [0.1, 0.15) is 79.1 Å². The lowest BCUT2D eigenvalue weighted by Gasteiger charge is -2.37. The molecule has 1 N–H and O–H groups in total. The Hall–Kier alpha value is -0.170. The Kier molecular flexibility index (Phi) is 13.1. The second-order valence-corrected chi connectivity index (χ2v) is 7.59. The van der Waals surface area contributed by atoms with Crippen molar-refractivity contribution in [3.05, 3.63) is 0 Å². The summed E-state index contributed by atoms with van der Waals surface area (Å²) in [6.07, 6.45) is 11.4. The van der Waals surface area contributed by atoms with Gasteiger partial charge in [-0.15, -0.1) is 0 Å². The normalized spacial score (nSPS) is 22.5. The van der Waals surface area contributed by atoms with E-state index in [0.717, 1.165) is 12.0 Å². The number of hydrogen-bond donors (Lipinski definition) is 1. The average molecular weight is 352 g/mol. The molecule has 140 valence electrons. The van der Waals surface area contributed by atoms with Crippen LogP contribution in [-0.4, -0.2) is 43.6 Å². The number of piperidine rings is 1. The number of rotatable bonds is 9. The van der Waals surface area contributed by atoms with Crippen LogP contribution in [0.5, 0.6) is 0 Å². The summed E-state index contributed by atoms with van der Waals surface area (Å²) in [5.74, 6) is 0.911. The van der Waals surface area contributed by atoms with Gasteiger partial charge < -0.3 is 4.90 Å². The zero-order valence-corrected chi connectivity index (χ0v) is 16.3. The van der Waals surface area contributed by atoms with Crippen LogP contribution < -0.4 is 0 Å². The molecule has 1 fully saturated rings. The molecule has 0 spiro atoms. The predicted octanol–water partition coefficient (Wildman–Crippen LogP) is 4.29. The van der Waals surface area contributed by atoms with Crippen molar-refractivity contribution in [1.82, 2.24) is 4.90 Å². The molecule has 0 aromatic heterocycles. The van der Waals surface area contributed by atoms with E-state index < -0.39 is 10.4 Å². The Morgan fingerprint density at radius 3 is 2.22 bits per heavy atom. The van der Waals surface area contributed by atoms with Gasteiger partial charge in [-0.3, -0.25) is 4.55 Å². The van der Waals surface area contributed by atoms with Crippen molar-refractivity contribution in [1.29, 1.82) is 0 Å². The molecule has 0 amide bonds. The van der Waals surface area contributed by atoms with Gasteiger partial charge in [0.1, 0.15) is 0 Å². The fourth-order valence-corrected chi connectivity index (χ4v) is 3.28. The Bertz CT molecular complexity index is 373. The van der Waals surface area contributed by atoms with Gasteiger partial charge in [-0.05, 0) is 52.1 Å². The number of nitrogens with zero attached hydrogens (tertiary/aromatic N) is 1. The van der Waals surface area contributed by atoms with Gasteiger partial charge in [0.25, 0.3) is 0 Å². The monoisotopic (exact) mass is 351 g/mol. The second-order valence-electron chi connectivity index (χ2n) is 6.50. The molecule has 0 bridgehead atoms. The molecule has 1 aliphatic heterocycles. The van der Waals surface area contributed by atoms with Gasteiger partial charge in [0.2, 0.25) is 0 Å². The molecule has 1 saturated heterocycles. The molecule has 0 aromatic rings. The minimum Gasteiger partial charge on any atom is -0.300 e. The first-order valence-corrected chi connectivity index (χ1v) is 10.5. The van der Waals surface area contributed by atoms with Gasteiger partial charge in [0, 0.05) is 6.04 Å². The van der Waals surface area contributed by atoms with Crippen LogP contribution in [0.3, 0.4) is 0 Å². The molecule has 5 nitrogen and oxygen atoms in total. The third-order valence-corrected chi connectivity index (χ3v) is 5.10. The van der Waals surface area contributed by atoms with Crippen molar-refractivity contribution >= 4 is 10.4 Å². The molecule has 2 unspecified atom stereocenters. The maximum atomic E-state index is 9.56. The molecule has 6 heteroatoms. The van der Waals surface area contributed by atoms with Crippen molar-refractivity contribution in [2.24, 2.45) is 5.92 Å². The highest BCUT2D eigenvalue weighted by Gasteiger charge is 2.23. The van der Waals surface area contributed by atoms with Crippen LogP contribution in [0.4, 0.5) is 0 Å². The maximum absolute atomic E-state index is 9.56. The predicted molar refractivity (Wildman–Crippen MR) is 96.0 cm³/mol. The summed E-state index contributed by atoms with van der Waals surface area (Å²) in [6, 6.07) is 0.824. The standard InChI is InChI=1S/C15H31N.C2H6O4S/c1-4-5-6-7-8-9-12-16-13-10-11-14(2)15(16)3;1-2-6-7(3,4)5/h14-15H,4-13H2,1-3H3;2H2,1H3,(H,3,4,5). The van der Waals surface area contributed by atoms with Crippen molar-refractivity contribution in [3.8, 4) is 0 Å². The Balaban J connectivity index is 0.000000585. The van der Waals surface area contributed by atoms with Crippen LogP contribution in [0, 0.1) is 5.92 Å². The van der Waals surface area contributed by atoms with Gasteiger partial charge >= 0.3 is 10.4 Å². The van der Waals surface area contributed by atoms with Crippen LogP contribution in [0.2, 0.25) is 0 Å². The molecule has 23 heavy (non-hydrogen) atoms. The SMILES string of the molecule is CCCCCCCCN1CCCC(C)C1C.CCOS(=O)(=O)O. The van der Waals surface area contributed by atoms with Crippen molar-refractivity contribution in [2.75, 3.05) is 19.7 Å². The van der Waals surface area contributed by atoms with Crippen molar-refractivity contribution in [3.63, 3.8) is 0 Å². The highest BCUT2D eigenvalue weighted by molar-refractivity contribution is 7.80. The third-order valence-electron chi connectivity index (χ3n) is 4.57. The largest absolute Gasteiger partial charge is 0.397 e. The molecule has 0 radical (unpaired) electrons. The number of unbranched alkanes of at least 4 members (excludes halogenated alkanes) is 5. The summed E-state index contributed by atoms with van der Waals surface area (Å²) in [5, 5.41) is 0. The Labute approximate surface area is 143 Å². The van der Waals surface area contributed by atoms with Gasteiger partial charge in [-0.1, -0.05) is 46.0 Å². The zero-order chi connectivity index (χ0) is 17.7. The zero-order valence-electron chi connectivity index (χ0n) is 15.5. The second kappa shape index (κ2) is 13.2. The van der Waals surface area contributed by atoms with E-state index in [0.29, 0.717) is 0 Å². The molecular formula is C17H37NO4S. The maximum Gasteiger partial charge on any atom is 0.397 e. The Morgan fingerprint density at radius 1 is 1.09 bits per heavy atom. The van der Waals surface area contributed by atoms with E-state index in [1.54, 1.807) is 0 Å². The number of likely N-dealkylation sites (tertiary alicyclic amines) is 1. The minimum atomic E-state index is -4.17. The highest BCUT2D eigenvalue weighted by atomic mass is 32.3. The molecule has 0 aliphatic carbocycles. The van der Waals surface area contributed by atoms with E-state index in [1.807, 2.05) is 0 Å². The molecule has 1 aliphatic rings. The highest BCUT2D eigenvalue weighted by Crippen LogP contribution is 2.23. The third kappa shape index (κ3) is 12.9. The minimum absolute atomic E-state index is 0.0289. The van der Waals surface area contributed by atoms with E-state index in [4.69, 9.17) is 4.55 Å². The summed E-state index contributed by atoms with van der Waals surface area (Å²) in [6.45, 7) is 11.3. The lowest BCUT2D eigenvalue weighted by atomic mass is 9.92. The van der Waals surface area contributed by atoms with Crippen LogP contribution in [0.15, 0.2) is 0 Å². The van der Waals surface area contributed by atoms with Gasteiger partial charge in [-0.2, -0.15) is 8.42 Å². The van der Waals surface area contributed by atoms with E-state index in [1.165, 1.54) is 71.4 Å². The first-order valence-electron chi connectivity index (χ1n) is 9.17. The quantitative estimate of drug-likeness (QED) is 0.496. The lowest BCUT2D eigenvalue weighted by Crippen LogP contribution is -2.42. The number of hydrogen-bond acceptors (Lipinski definition) is 4. The average Bonchev–Trinajstić information content (AvgIpc) is 2.46. The summed E-state index contributed by atoms with van der Waals surface area (Å²) in [5.41, 5.74) is 0. The van der Waals surface area contributed by atoms with E-state index in [-0.39, 0.29) is 6.61 Å². The lowest BCUT2D eigenvalue weighted by molar-refractivity contribution is 0.112. The molecular weight excluding hydrogens is 314 g/mol. The smallest absolute Gasteiger partial charge is 0.300 e.